The minimum atomic E-state index is -0.742. The molecule has 0 aliphatic heterocycles. The van der Waals surface area contributed by atoms with Crippen molar-refractivity contribution in [2.45, 2.75) is 32.1 Å². The molecule has 2 nitrogen and oxygen atoms in total. The second-order valence-electron chi connectivity index (χ2n) is 3.93. The first-order chi connectivity index (χ1) is 7.13. The fraction of sp³-hybridized carbons (Fsp3) is 0.417. The van der Waals surface area contributed by atoms with Crippen LogP contribution < -0.4 is 0 Å². The van der Waals surface area contributed by atoms with E-state index in [9.17, 15) is 4.79 Å². The van der Waals surface area contributed by atoms with Crippen LogP contribution in [0.1, 0.15) is 36.0 Å². The Hall–Kier alpha value is -1.02. The standard InChI is InChI=1S/C12H13ClO2/c1-2-7-5-8-3-4-9(12(14)15)10(8)6-11(7)13/h5-6,9H,2-4H2,1H3,(H,14,15). The van der Waals surface area contributed by atoms with Crippen LogP contribution in [-0.2, 0) is 17.6 Å². The van der Waals surface area contributed by atoms with Gasteiger partial charge in [-0.1, -0.05) is 24.6 Å². The molecule has 3 heteroatoms. The van der Waals surface area contributed by atoms with E-state index in [1.165, 1.54) is 0 Å². The van der Waals surface area contributed by atoms with Crippen molar-refractivity contribution in [3.63, 3.8) is 0 Å². The van der Waals surface area contributed by atoms with Gasteiger partial charge in [-0.3, -0.25) is 4.79 Å². The van der Waals surface area contributed by atoms with Crippen LogP contribution in [0, 0.1) is 0 Å². The van der Waals surface area contributed by atoms with Crippen molar-refractivity contribution in [2.75, 3.05) is 0 Å². The van der Waals surface area contributed by atoms with Gasteiger partial charge in [-0.2, -0.15) is 0 Å². The van der Waals surface area contributed by atoms with E-state index in [1.807, 2.05) is 6.07 Å². The van der Waals surface area contributed by atoms with Crippen LogP contribution >= 0.6 is 11.6 Å². The fourth-order valence-corrected chi connectivity index (χ4v) is 2.51. The summed E-state index contributed by atoms with van der Waals surface area (Å²) in [5.74, 6) is -1.10. The summed E-state index contributed by atoms with van der Waals surface area (Å²) in [6.45, 7) is 2.05. The topological polar surface area (TPSA) is 37.3 Å². The van der Waals surface area contributed by atoms with Gasteiger partial charge in [-0.05, 0) is 42.0 Å². The summed E-state index contributed by atoms with van der Waals surface area (Å²) in [5, 5.41) is 9.73. The highest BCUT2D eigenvalue weighted by atomic mass is 35.5. The molecule has 1 aromatic rings. The van der Waals surface area contributed by atoms with Crippen molar-refractivity contribution in [3.05, 3.63) is 33.8 Å². The Morgan fingerprint density at radius 1 is 1.60 bits per heavy atom. The SMILES string of the molecule is CCc1cc2c(cc1Cl)C(C(=O)O)CC2. The van der Waals surface area contributed by atoms with Crippen molar-refractivity contribution in [2.24, 2.45) is 0 Å². The summed E-state index contributed by atoms with van der Waals surface area (Å²) in [6.07, 6.45) is 2.45. The van der Waals surface area contributed by atoms with Crippen molar-refractivity contribution in [1.29, 1.82) is 0 Å². The average molecular weight is 225 g/mol. The predicted octanol–water partition coefficient (Wildman–Crippen LogP) is 3.02. The lowest BCUT2D eigenvalue weighted by molar-refractivity contribution is -0.138. The molecule has 1 unspecified atom stereocenters. The highest BCUT2D eigenvalue weighted by molar-refractivity contribution is 6.31. The minimum Gasteiger partial charge on any atom is -0.481 e. The third-order valence-electron chi connectivity index (χ3n) is 3.07. The largest absolute Gasteiger partial charge is 0.481 e. The molecule has 0 aromatic heterocycles. The average Bonchev–Trinajstić information content (AvgIpc) is 2.59. The Labute approximate surface area is 93.9 Å². The highest BCUT2D eigenvalue weighted by Crippen LogP contribution is 2.36. The summed E-state index contributed by atoms with van der Waals surface area (Å²) in [6, 6.07) is 3.89. The van der Waals surface area contributed by atoms with Crippen LogP contribution in [-0.4, -0.2) is 11.1 Å². The van der Waals surface area contributed by atoms with Gasteiger partial charge < -0.3 is 5.11 Å². The Morgan fingerprint density at radius 3 is 2.93 bits per heavy atom. The summed E-state index contributed by atoms with van der Waals surface area (Å²) in [4.78, 5) is 11.0. The molecule has 0 spiro atoms. The molecule has 2 rings (SSSR count). The Balaban J connectivity index is 2.47. The molecular weight excluding hydrogens is 212 g/mol. The number of rotatable bonds is 2. The zero-order chi connectivity index (χ0) is 11.0. The number of carboxylic acids is 1. The molecule has 80 valence electrons. The van der Waals surface area contributed by atoms with Crippen molar-refractivity contribution >= 4 is 17.6 Å². The predicted molar refractivity (Wildman–Crippen MR) is 59.5 cm³/mol. The number of fused-ring (bicyclic) bond motifs is 1. The summed E-state index contributed by atoms with van der Waals surface area (Å²) < 4.78 is 0. The number of aliphatic carboxylic acids is 1. The second kappa shape index (κ2) is 3.86. The maximum Gasteiger partial charge on any atom is 0.310 e. The number of halogens is 1. The molecular formula is C12H13ClO2. The number of carboxylic acid groups (broad SMARTS) is 1. The number of aryl methyl sites for hydroxylation is 2. The highest BCUT2D eigenvalue weighted by Gasteiger charge is 2.28. The lowest BCUT2D eigenvalue weighted by Gasteiger charge is -2.08. The lowest BCUT2D eigenvalue weighted by atomic mass is 9.99. The molecule has 1 aliphatic carbocycles. The van der Waals surface area contributed by atoms with Gasteiger partial charge in [0.25, 0.3) is 0 Å². The van der Waals surface area contributed by atoms with Crippen LogP contribution in [0.4, 0.5) is 0 Å². The van der Waals surface area contributed by atoms with Crippen LogP contribution in [0.25, 0.3) is 0 Å². The summed E-state index contributed by atoms with van der Waals surface area (Å²) in [5.41, 5.74) is 3.18. The van der Waals surface area contributed by atoms with Crippen molar-refractivity contribution < 1.29 is 9.90 Å². The van der Waals surface area contributed by atoms with Gasteiger partial charge in [0, 0.05) is 5.02 Å². The summed E-state index contributed by atoms with van der Waals surface area (Å²) >= 11 is 6.09. The van der Waals surface area contributed by atoms with E-state index < -0.39 is 5.97 Å². The smallest absolute Gasteiger partial charge is 0.310 e. The van der Waals surface area contributed by atoms with Gasteiger partial charge in [-0.15, -0.1) is 0 Å². The quantitative estimate of drug-likeness (QED) is 0.839. The van der Waals surface area contributed by atoms with Crippen LogP contribution in [0.15, 0.2) is 12.1 Å². The molecule has 0 saturated carbocycles. The Morgan fingerprint density at radius 2 is 2.33 bits per heavy atom. The first-order valence-corrected chi connectivity index (χ1v) is 5.55. The summed E-state index contributed by atoms with van der Waals surface area (Å²) in [7, 11) is 0. The van der Waals surface area contributed by atoms with Gasteiger partial charge in [-0.25, -0.2) is 0 Å². The van der Waals surface area contributed by atoms with Crippen LogP contribution in [0.2, 0.25) is 5.02 Å². The normalized spacial score (nSPS) is 18.9. The maximum absolute atomic E-state index is 11.0. The van der Waals surface area contributed by atoms with E-state index in [0.29, 0.717) is 11.4 Å². The molecule has 0 fully saturated rings. The molecule has 0 radical (unpaired) electrons. The number of benzene rings is 1. The molecule has 1 N–H and O–H groups in total. The van der Waals surface area contributed by atoms with Gasteiger partial charge in [0.1, 0.15) is 0 Å². The van der Waals surface area contributed by atoms with Gasteiger partial charge in [0.05, 0.1) is 5.92 Å². The molecule has 0 bridgehead atoms. The van der Waals surface area contributed by atoms with Gasteiger partial charge in [0.15, 0.2) is 0 Å². The fourth-order valence-electron chi connectivity index (χ4n) is 2.21. The van der Waals surface area contributed by atoms with E-state index in [2.05, 4.69) is 13.0 Å². The molecule has 0 saturated heterocycles. The maximum atomic E-state index is 11.0. The Bertz CT molecular complexity index is 412. The lowest BCUT2D eigenvalue weighted by Crippen LogP contribution is -2.07. The molecule has 1 atom stereocenters. The molecule has 15 heavy (non-hydrogen) atoms. The molecule has 1 aliphatic rings. The van der Waals surface area contributed by atoms with Crippen LogP contribution in [0.3, 0.4) is 0 Å². The third kappa shape index (κ3) is 1.74. The van der Waals surface area contributed by atoms with E-state index in [-0.39, 0.29) is 5.92 Å². The Kier molecular flexibility index (Phi) is 2.70. The monoisotopic (exact) mass is 224 g/mol. The zero-order valence-corrected chi connectivity index (χ0v) is 9.34. The molecule has 1 aromatic carbocycles. The van der Waals surface area contributed by atoms with Crippen LogP contribution in [0.5, 0.6) is 0 Å². The first-order valence-electron chi connectivity index (χ1n) is 5.17. The number of carbonyl (C=O) groups is 1. The van der Waals surface area contributed by atoms with Gasteiger partial charge in [0.2, 0.25) is 0 Å². The molecule has 0 heterocycles. The van der Waals surface area contributed by atoms with E-state index in [0.717, 1.165) is 29.5 Å². The van der Waals surface area contributed by atoms with Crippen molar-refractivity contribution in [3.8, 4) is 0 Å². The zero-order valence-electron chi connectivity index (χ0n) is 8.59. The van der Waals surface area contributed by atoms with Crippen molar-refractivity contribution in [1.82, 2.24) is 0 Å². The van der Waals surface area contributed by atoms with E-state index in [4.69, 9.17) is 16.7 Å². The number of hydrogen-bond acceptors (Lipinski definition) is 1. The molecule has 0 amide bonds. The second-order valence-corrected chi connectivity index (χ2v) is 4.33. The minimum absolute atomic E-state index is 0.358. The van der Waals surface area contributed by atoms with E-state index >= 15 is 0 Å². The first kappa shape index (κ1) is 10.5. The van der Waals surface area contributed by atoms with E-state index in [1.54, 1.807) is 0 Å². The number of hydrogen-bond donors (Lipinski definition) is 1. The third-order valence-corrected chi connectivity index (χ3v) is 3.42. The van der Waals surface area contributed by atoms with Gasteiger partial charge >= 0.3 is 5.97 Å².